The summed E-state index contributed by atoms with van der Waals surface area (Å²) in [6.07, 6.45) is 0.789. The van der Waals surface area contributed by atoms with Gasteiger partial charge in [0.15, 0.2) is 0 Å². The zero-order chi connectivity index (χ0) is 13.2. The minimum atomic E-state index is -0.0785. The number of nitrogens with one attached hydrogen (secondary N) is 2. The molecular formula is C13H21N3O2. The van der Waals surface area contributed by atoms with Crippen molar-refractivity contribution in [1.82, 2.24) is 10.6 Å². The Balaban J connectivity index is 2.41. The number of rotatable bonds is 8. The molecule has 0 spiro atoms. The maximum absolute atomic E-state index is 11.7. The van der Waals surface area contributed by atoms with Crippen LogP contribution in [0.15, 0.2) is 24.3 Å². The fourth-order valence-electron chi connectivity index (χ4n) is 1.38. The van der Waals surface area contributed by atoms with Gasteiger partial charge in [-0.25, -0.2) is 0 Å². The van der Waals surface area contributed by atoms with E-state index in [4.69, 9.17) is 10.5 Å². The van der Waals surface area contributed by atoms with Crippen molar-refractivity contribution in [3.05, 3.63) is 29.8 Å². The van der Waals surface area contributed by atoms with Crippen LogP contribution in [0.25, 0.3) is 0 Å². The third-order valence-electron chi connectivity index (χ3n) is 2.40. The van der Waals surface area contributed by atoms with Crippen molar-refractivity contribution < 1.29 is 9.53 Å². The molecule has 0 atom stereocenters. The summed E-state index contributed by atoms with van der Waals surface area (Å²) < 4.78 is 5.47. The van der Waals surface area contributed by atoms with Gasteiger partial charge in [0.25, 0.3) is 5.91 Å². The van der Waals surface area contributed by atoms with Crippen molar-refractivity contribution in [2.75, 3.05) is 33.3 Å². The van der Waals surface area contributed by atoms with Gasteiger partial charge < -0.3 is 21.1 Å². The molecule has 0 bridgehead atoms. The van der Waals surface area contributed by atoms with Crippen molar-refractivity contribution in [3.8, 4) is 5.75 Å². The fourth-order valence-corrected chi connectivity index (χ4v) is 1.38. The molecular weight excluding hydrogens is 230 g/mol. The molecule has 1 amide bonds. The third kappa shape index (κ3) is 5.16. The molecule has 0 heterocycles. The molecule has 0 radical (unpaired) electrons. The average molecular weight is 251 g/mol. The first-order chi connectivity index (χ1) is 8.77. The molecule has 18 heavy (non-hydrogen) atoms. The number of ether oxygens (including phenoxy) is 1. The highest BCUT2D eigenvalue weighted by molar-refractivity contribution is 5.94. The van der Waals surface area contributed by atoms with Crippen molar-refractivity contribution >= 4 is 5.91 Å². The van der Waals surface area contributed by atoms with Crippen LogP contribution < -0.4 is 21.1 Å². The van der Waals surface area contributed by atoms with Gasteiger partial charge in [-0.05, 0) is 44.3 Å². The van der Waals surface area contributed by atoms with Crippen LogP contribution >= 0.6 is 0 Å². The molecule has 1 aromatic rings. The second kappa shape index (κ2) is 8.49. The van der Waals surface area contributed by atoms with E-state index in [-0.39, 0.29) is 5.91 Å². The topological polar surface area (TPSA) is 76.4 Å². The smallest absolute Gasteiger partial charge is 0.251 e. The summed E-state index contributed by atoms with van der Waals surface area (Å²) >= 11 is 0. The molecule has 0 saturated heterocycles. The van der Waals surface area contributed by atoms with Gasteiger partial charge in [0, 0.05) is 18.7 Å². The molecule has 5 heteroatoms. The normalized spacial score (nSPS) is 10.1. The Kier molecular flexibility index (Phi) is 6.83. The van der Waals surface area contributed by atoms with E-state index in [1.807, 2.05) is 7.05 Å². The second-order valence-electron chi connectivity index (χ2n) is 3.87. The Morgan fingerprint density at radius 2 is 2.00 bits per heavy atom. The highest BCUT2D eigenvalue weighted by atomic mass is 16.5. The molecule has 100 valence electrons. The number of carbonyl (C=O) groups is 1. The Bertz CT molecular complexity index is 352. The van der Waals surface area contributed by atoms with E-state index in [0.717, 1.165) is 18.7 Å². The molecule has 1 rings (SSSR count). The van der Waals surface area contributed by atoms with Crippen LogP contribution in [0.2, 0.25) is 0 Å². The van der Waals surface area contributed by atoms with E-state index in [0.29, 0.717) is 25.3 Å². The summed E-state index contributed by atoms with van der Waals surface area (Å²) in [5, 5.41) is 5.80. The lowest BCUT2D eigenvalue weighted by Gasteiger charge is -2.07. The monoisotopic (exact) mass is 251 g/mol. The van der Waals surface area contributed by atoms with E-state index in [9.17, 15) is 4.79 Å². The lowest BCUT2D eigenvalue weighted by atomic mass is 10.2. The van der Waals surface area contributed by atoms with Crippen LogP contribution in [0.4, 0.5) is 0 Å². The number of likely N-dealkylation sites (N-methyl/N-ethyl adjacent to an activating group) is 1. The van der Waals surface area contributed by atoms with Crippen molar-refractivity contribution in [2.24, 2.45) is 5.73 Å². The van der Waals surface area contributed by atoms with Gasteiger partial charge in [-0.1, -0.05) is 0 Å². The number of carbonyl (C=O) groups excluding carboxylic acids is 1. The summed E-state index contributed by atoms with van der Waals surface area (Å²) in [6, 6.07) is 7.11. The molecule has 4 N–H and O–H groups in total. The first kappa shape index (κ1) is 14.5. The quantitative estimate of drug-likeness (QED) is 0.583. The van der Waals surface area contributed by atoms with E-state index >= 15 is 0 Å². The predicted octanol–water partition coefficient (Wildman–Crippen LogP) is 0.363. The number of hydrogen-bond acceptors (Lipinski definition) is 4. The molecule has 1 aromatic carbocycles. The SMILES string of the molecule is CNCCOc1ccc(C(=O)NCCCN)cc1. The summed E-state index contributed by atoms with van der Waals surface area (Å²) in [6.45, 7) is 2.59. The molecule has 0 aromatic heterocycles. The minimum Gasteiger partial charge on any atom is -0.492 e. The third-order valence-corrected chi connectivity index (χ3v) is 2.40. The Morgan fingerprint density at radius 3 is 2.61 bits per heavy atom. The van der Waals surface area contributed by atoms with E-state index in [1.54, 1.807) is 24.3 Å². The number of hydrogen-bond donors (Lipinski definition) is 3. The maximum Gasteiger partial charge on any atom is 0.251 e. The molecule has 0 unspecified atom stereocenters. The van der Waals surface area contributed by atoms with Gasteiger partial charge in [-0.3, -0.25) is 4.79 Å². The van der Waals surface area contributed by atoms with Gasteiger partial charge >= 0.3 is 0 Å². The number of amides is 1. The van der Waals surface area contributed by atoms with Gasteiger partial charge in [-0.2, -0.15) is 0 Å². The Hall–Kier alpha value is -1.59. The first-order valence-electron chi connectivity index (χ1n) is 6.13. The molecule has 0 aliphatic rings. The van der Waals surface area contributed by atoms with Crippen molar-refractivity contribution in [2.45, 2.75) is 6.42 Å². The minimum absolute atomic E-state index is 0.0785. The van der Waals surface area contributed by atoms with Gasteiger partial charge in [-0.15, -0.1) is 0 Å². The van der Waals surface area contributed by atoms with Crippen LogP contribution in [0, 0.1) is 0 Å². The first-order valence-corrected chi connectivity index (χ1v) is 6.13. The highest BCUT2D eigenvalue weighted by Gasteiger charge is 2.04. The van der Waals surface area contributed by atoms with Crippen LogP contribution in [-0.2, 0) is 0 Å². The number of nitrogens with two attached hydrogens (primary N) is 1. The fraction of sp³-hybridized carbons (Fsp3) is 0.462. The largest absolute Gasteiger partial charge is 0.492 e. The molecule has 5 nitrogen and oxygen atoms in total. The van der Waals surface area contributed by atoms with Gasteiger partial charge in [0.1, 0.15) is 12.4 Å². The predicted molar refractivity (Wildman–Crippen MR) is 71.9 cm³/mol. The molecule has 0 aliphatic heterocycles. The van der Waals surface area contributed by atoms with Crippen LogP contribution in [0.1, 0.15) is 16.8 Å². The van der Waals surface area contributed by atoms with E-state index in [1.165, 1.54) is 0 Å². The lowest BCUT2D eigenvalue weighted by molar-refractivity contribution is 0.0953. The average Bonchev–Trinajstić information content (AvgIpc) is 2.40. The Morgan fingerprint density at radius 1 is 1.28 bits per heavy atom. The Labute approximate surface area is 108 Å². The van der Waals surface area contributed by atoms with E-state index < -0.39 is 0 Å². The van der Waals surface area contributed by atoms with Crippen molar-refractivity contribution in [1.29, 1.82) is 0 Å². The molecule has 0 saturated carbocycles. The van der Waals surface area contributed by atoms with Gasteiger partial charge in [0.2, 0.25) is 0 Å². The zero-order valence-electron chi connectivity index (χ0n) is 10.7. The summed E-state index contributed by atoms with van der Waals surface area (Å²) in [5.74, 6) is 0.689. The molecule has 0 aliphatic carbocycles. The summed E-state index contributed by atoms with van der Waals surface area (Å²) in [4.78, 5) is 11.7. The maximum atomic E-state index is 11.7. The highest BCUT2D eigenvalue weighted by Crippen LogP contribution is 2.11. The summed E-state index contributed by atoms with van der Waals surface area (Å²) in [7, 11) is 1.87. The van der Waals surface area contributed by atoms with Crippen LogP contribution in [-0.4, -0.2) is 39.2 Å². The molecule has 0 fully saturated rings. The van der Waals surface area contributed by atoms with Crippen LogP contribution in [0.3, 0.4) is 0 Å². The summed E-state index contributed by atoms with van der Waals surface area (Å²) in [5.41, 5.74) is 5.99. The standard InChI is InChI=1S/C13H21N3O2/c1-15-9-10-18-12-5-3-11(4-6-12)13(17)16-8-2-7-14/h3-6,15H,2,7-10,14H2,1H3,(H,16,17). The lowest BCUT2D eigenvalue weighted by Crippen LogP contribution is -2.25. The van der Waals surface area contributed by atoms with E-state index in [2.05, 4.69) is 10.6 Å². The zero-order valence-corrected chi connectivity index (χ0v) is 10.7. The van der Waals surface area contributed by atoms with Crippen LogP contribution in [0.5, 0.6) is 5.75 Å². The van der Waals surface area contributed by atoms with Crippen molar-refractivity contribution in [3.63, 3.8) is 0 Å². The number of benzene rings is 1. The van der Waals surface area contributed by atoms with Gasteiger partial charge in [0.05, 0.1) is 0 Å². The second-order valence-corrected chi connectivity index (χ2v) is 3.87.